The lowest BCUT2D eigenvalue weighted by Crippen LogP contribution is -2.24. The molecule has 1 radical (unpaired) electrons. The summed E-state index contributed by atoms with van der Waals surface area (Å²) in [5.74, 6) is -0.0619. The zero-order valence-corrected chi connectivity index (χ0v) is 6.37. The predicted molar refractivity (Wildman–Crippen MR) is 45.5 cm³/mol. The molecule has 0 aliphatic carbocycles. The van der Waals surface area contributed by atoms with Gasteiger partial charge in [0.25, 0.3) is 0 Å². The molecule has 0 aliphatic heterocycles. The first-order chi connectivity index (χ1) is 5.34. The van der Waals surface area contributed by atoms with E-state index in [2.05, 4.69) is 5.23 Å². The smallest absolute Gasteiger partial charge is 0.243 e. The third-order valence-electron chi connectivity index (χ3n) is 1.31. The highest BCUT2D eigenvalue weighted by Gasteiger charge is 2.00. The maximum absolute atomic E-state index is 11.1. The topological polar surface area (TPSA) is 29.1 Å². The molecule has 2 nitrogen and oxygen atoms in total. The van der Waals surface area contributed by atoms with Crippen molar-refractivity contribution in [3.63, 3.8) is 0 Å². The van der Waals surface area contributed by atoms with Gasteiger partial charge in [-0.3, -0.25) is 4.79 Å². The Labute approximate surface area is 66.9 Å². The fourth-order valence-electron chi connectivity index (χ4n) is 0.804. The number of rotatable bonds is 2. The van der Waals surface area contributed by atoms with Gasteiger partial charge in [0, 0.05) is 5.56 Å². The van der Waals surface area contributed by atoms with Crippen LogP contribution in [0.5, 0.6) is 0 Å². The van der Waals surface area contributed by atoms with Gasteiger partial charge in [-0.25, -0.2) is 0 Å². The molecular formula is C8H9BNO. The summed E-state index contributed by atoms with van der Waals surface area (Å²) in [7, 11) is 1.62. The Bertz CT molecular complexity index is 235. The van der Waals surface area contributed by atoms with Crippen LogP contribution in [0.3, 0.4) is 0 Å². The molecule has 55 valence electrons. The van der Waals surface area contributed by atoms with E-state index in [-0.39, 0.29) is 5.91 Å². The van der Waals surface area contributed by atoms with Gasteiger partial charge in [0.2, 0.25) is 13.3 Å². The van der Waals surface area contributed by atoms with Gasteiger partial charge in [0.1, 0.15) is 0 Å². The van der Waals surface area contributed by atoms with Crippen molar-refractivity contribution in [1.29, 1.82) is 0 Å². The van der Waals surface area contributed by atoms with Crippen LogP contribution < -0.4 is 5.23 Å². The van der Waals surface area contributed by atoms with E-state index in [4.69, 9.17) is 0 Å². The lowest BCUT2D eigenvalue weighted by atomic mass is 9.99. The number of carbonyl (C=O) groups is 1. The van der Waals surface area contributed by atoms with Crippen LogP contribution in [0, 0.1) is 0 Å². The molecule has 0 heterocycles. The normalized spacial score (nSPS) is 8.82. The highest BCUT2D eigenvalue weighted by Crippen LogP contribution is 1.96. The summed E-state index contributed by atoms with van der Waals surface area (Å²) in [6.45, 7) is 1.78. The molecule has 1 rings (SSSR count). The molecule has 0 fully saturated rings. The number of benzene rings is 1. The van der Waals surface area contributed by atoms with Crippen molar-refractivity contribution in [2.45, 2.75) is 6.82 Å². The van der Waals surface area contributed by atoms with Crippen molar-refractivity contribution in [2.24, 2.45) is 0 Å². The van der Waals surface area contributed by atoms with Crippen LogP contribution in [-0.4, -0.2) is 13.3 Å². The van der Waals surface area contributed by atoms with Gasteiger partial charge in [-0.15, -0.1) is 0 Å². The summed E-state index contributed by atoms with van der Waals surface area (Å²) in [4.78, 5) is 11.1. The lowest BCUT2D eigenvalue weighted by molar-refractivity contribution is 0.0980. The van der Waals surface area contributed by atoms with E-state index < -0.39 is 0 Å². The van der Waals surface area contributed by atoms with Crippen molar-refractivity contribution >= 4 is 13.3 Å². The van der Waals surface area contributed by atoms with Crippen molar-refractivity contribution in [3.8, 4) is 0 Å². The SMILES string of the molecule is C[B]NC(=O)c1ccccc1. The zero-order chi connectivity index (χ0) is 8.10. The Hall–Kier alpha value is -1.25. The Morgan fingerprint density at radius 3 is 2.55 bits per heavy atom. The van der Waals surface area contributed by atoms with Gasteiger partial charge < -0.3 is 5.23 Å². The van der Waals surface area contributed by atoms with E-state index in [1.165, 1.54) is 0 Å². The van der Waals surface area contributed by atoms with Crippen LogP contribution in [0.1, 0.15) is 10.4 Å². The minimum atomic E-state index is -0.0619. The van der Waals surface area contributed by atoms with Gasteiger partial charge in [-0.1, -0.05) is 25.0 Å². The van der Waals surface area contributed by atoms with E-state index in [0.717, 1.165) is 0 Å². The maximum atomic E-state index is 11.1. The van der Waals surface area contributed by atoms with Crippen molar-refractivity contribution < 1.29 is 4.79 Å². The Kier molecular flexibility index (Phi) is 2.72. The Morgan fingerprint density at radius 2 is 2.00 bits per heavy atom. The molecule has 0 spiro atoms. The van der Waals surface area contributed by atoms with Crippen molar-refractivity contribution in [2.75, 3.05) is 0 Å². The first-order valence-corrected chi connectivity index (χ1v) is 3.48. The van der Waals surface area contributed by atoms with Crippen LogP contribution in [-0.2, 0) is 0 Å². The van der Waals surface area contributed by atoms with E-state index in [0.29, 0.717) is 5.56 Å². The second-order valence-corrected chi connectivity index (χ2v) is 2.13. The van der Waals surface area contributed by atoms with Crippen molar-refractivity contribution in [1.82, 2.24) is 5.23 Å². The zero-order valence-electron chi connectivity index (χ0n) is 6.37. The fraction of sp³-hybridized carbons (Fsp3) is 0.125. The summed E-state index contributed by atoms with van der Waals surface area (Å²) in [6.07, 6.45) is 0. The number of carbonyl (C=O) groups excluding carboxylic acids is 1. The largest absolute Gasteiger partial charge is 0.400 e. The van der Waals surface area contributed by atoms with Gasteiger partial charge in [-0.2, -0.15) is 0 Å². The van der Waals surface area contributed by atoms with Crippen LogP contribution in [0.25, 0.3) is 0 Å². The molecule has 1 N–H and O–H groups in total. The molecule has 0 unspecified atom stereocenters. The summed E-state index contributed by atoms with van der Waals surface area (Å²) in [5.41, 5.74) is 0.686. The summed E-state index contributed by atoms with van der Waals surface area (Å²) in [5, 5.41) is 2.60. The number of hydrogen-bond acceptors (Lipinski definition) is 1. The van der Waals surface area contributed by atoms with Gasteiger partial charge >= 0.3 is 0 Å². The average Bonchev–Trinajstić information content (AvgIpc) is 2.07. The first-order valence-electron chi connectivity index (χ1n) is 3.48. The molecule has 1 amide bonds. The molecule has 0 aliphatic rings. The van der Waals surface area contributed by atoms with Gasteiger partial charge in [0.05, 0.1) is 0 Å². The van der Waals surface area contributed by atoms with Crippen LogP contribution in [0.15, 0.2) is 30.3 Å². The van der Waals surface area contributed by atoms with E-state index >= 15 is 0 Å². The van der Waals surface area contributed by atoms with Crippen LogP contribution >= 0.6 is 0 Å². The molecule has 1 aromatic rings. The van der Waals surface area contributed by atoms with Crippen molar-refractivity contribution in [3.05, 3.63) is 35.9 Å². The Morgan fingerprint density at radius 1 is 1.36 bits per heavy atom. The van der Waals surface area contributed by atoms with Crippen LogP contribution in [0.2, 0.25) is 6.82 Å². The number of nitrogens with one attached hydrogen (secondary N) is 1. The molecule has 3 heteroatoms. The highest BCUT2D eigenvalue weighted by atomic mass is 16.1. The minimum absolute atomic E-state index is 0.0619. The molecular weight excluding hydrogens is 137 g/mol. The molecule has 0 atom stereocenters. The summed E-state index contributed by atoms with van der Waals surface area (Å²) >= 11 is 0. The van der Waals surface area contributed by atoms with E-state index in [9.17, 15) is 4.79 Å². The second kappa shape index (κ2) is 3.81. The molecule has 1 aromatic carbocycles. The maximum Gasteiger partial charge on any atom is 0.243 e. The molecule has 0 saturated carbocycles. The summed E-state index contributed by atoms with van der Waals surface area (Å²) < 4.78 is 0. The standard InChI is InChI=1S/C8H9BNO/c1-9-10-8(11)7-5-3-2-4-6-7/h2-6H,1H3,(H,10,11). The Balaban J connectivity index is 2.69. The van der Waals surface area contributed by atoms with E-state index in [1.54, 1.807) is 26.4 Å². The third kappa shape index (κ3) is 2.11. The number of hydrogen-bond donors (Lipinski definition) is 1. The fourth-order valence-corrected chi connectivity index (χ4v) is 0.804. The second-order valence-electron chi connectivity index (χ2n) is 2.13. The summed E-state index contributed by atoms with van der Waals surface area (Å²) in [6, 6.07) is 9.11. The van der Waals surface area contributed by atoms with Gasteiger partial charge in [0.15, 0.2) is 0 Å². The first kappa shape index (κ1) is 7.86. The number of amides is 1. The quantitative estimate of drug-likeness (QED) is 0.621. The van der Waals surface area contributed by atoms with Crippen LogP contribution in [0.4, 0.5) is 0 Å². The molecule has 0 bridgehead atoms. The average molecular weight is 146 g/mol. The molecule has 0 saturated heterocycles. The van der Waals surface area contributed by atoms with Gasteiger partial charge in [-0.05, 0) is 12.1 Å². The van der Waals surface area contributed by atoms with E-state index in [1.807, 2.05) is 18.2 Å². The minimum Gasteiger partial charge on any atom is -0.400 e. The highest BCUT2D eigenvalue weighted by molar-refractivity contribution is 6.36. The molecule has 11 heavy (non-hydrogen) atoms. The lowest BCUT2D eigenvalue weighted by Gasteiger charge is -1.99. The molecule has 0 aromatic heterocycles. The predicted octanol–water partition coefficient (Wildman–Crippen LogP) is 1.08. The third-order valence-corrected chi connectivity index (χ3v) is 1.31. The monoisotopic (exact) mass is 146 g/mol.